The Kier molecular flexibility index (Phi) is 6.29. The summed E-state index contributed by atoms with van der Waals surface area (Å²) < 4.78 is 12.1. The highest BCUT2D eigenvalue weighted by atomic mass is 16.6. The summed E-state index contributed by atoms with van der Waals surface area (Å²) in [4.78, 5) is 56.0. The third kappa shape index (κ3) is 3.92. The normalized spacial score (nSPS) is 11.1. The van der Waals surface area contributed by atoms with Gasteiger partial charge in [-0.1, -0.05) is 36.4 Å². The van der Waals surface area contributed by atoms with Crippen LogP contribution in [0.4, 0.5) is 5.69 Å². The van der Waals surface area contributed by atoms with Crippen LogP contribution in [0.3, 0.4) is 0 Å². The minimum Gasteiger partial charge on any atom is -0.462 e. The molecule has 0 bridgehead atoms. The monoisotopic (exact) mass is 511 g/mol. The van der Waals surface area contributed by atoms with Crippen molar-refractivity contribution in [1.82, 2.24) is 9.38 Å². The van der Waals surface area contributed by atoms with Crippen LogP contribution < -0.4 is 0 Å². The number of nitrogens with zero attached hydrogens (tertiary/aromatic N) is 3. The summed E-state index contributed by atoms with van der Waals surface area (Å²) in [5.74, 6) is -2.41. The molecule has 10 nitrogen and oxygen atoms in total. The number of hydrogen-bond donors (Lipinski definition) is 0. The molecular formula is C28H21N3O7. The highest BCUT2D eigenvalue weighted by molar-refractivity contribution is 6.21. The van der Waals surface area contributed by atoms with Gasteiger partial charge in [0.15, 0.2) is 0 Å². The summed E-state index contributed by atoms with van der Waals surface area (Å²) in [6.45, 7) is 3.25. The molecule has 0 saturated heterocycles. The lowest BCUT2D eigenvalue weighted by Gasteiger charge is -2.11. The van der Waals surface area contributed by atoms with Crippen LogP contribution in [0.2, 0.25) is 0 Å². The van der Waals surface area contributed by atoms with Crippen molar-refractivity contribution < 1.29 is 28.8 Å². The Morgan fingerprint density at radius 2 is 1.58 bits per heavy atom. The van der Waals surface area contributed by atoms with Gasteiger partial charge in [0.25, 0.3) is 5.69 Å². The summed E-state index contributed by atoms with van der Waals surface area (Å²) >= 11 is 0. The summed E-state index contributed by atoms with van der Waals surface area (Å²) in [6.07, 6.45) is 1.60. The first-order valence-corrected chi connectivity index (χ1v) is 11.9. The number of hydrogen-bond acceptors (Lipinski definition) is 8. The number of aromatic nitrogens is 2. The van der Waals surface area contributed by atoms with Gasteiger partial charge in [-0.3, -0.25) is 19.9 Å². The number of ketones is 1. The first kappa shape index (κ1) is 24.6. The van der Waals surface area contributed by atoms with Gasteiger partial charge >= 0.3 is 11.9 Å². The second kappa shape index (κ2) is 9.74. The molecule has 5 aromatic rings. The number of rotatable bonds is 7. The largest absolute Gasteiger partial charge is 0.462 e. The number of fused-ring (bicyclic) bond motifs is 5. The fraction of sp³-hybridized carbons (Fsp3) is 0.143. The van der Waals surface area contributed by atoms with Gasteiger partial charge in [-0.25, -0.2) is 9.59 Å². The molecule has 0 radical (unpaired) electrons. The zero-order valence-corrected chi connectivity index (χ0v) is 20.5. The summed E-state index contributed by atoms with van der Waals surface area (Å²) in [5.41, 5.74) is 0.342. The van der Waals surface area contributed by atoms with Crippen LogP contribution in [-0.4, -0.2) is 45.2 Å². The molecule has 0 aliphatic heterocycles. The lowest BCUT2D eigenvalue weighted by molar-refractivity contribution is -0.384. The number of nitro groups is 1. The van der Waals surface area contributed by atoms with E-state index in [1.165, 1.54) is 22.6 Å². The van der Waals surface area contributed by atoms with E-state index in [0.29, 0.717) is 16.4 Å². The maximum Gasteiger partial charge on any atom is 0.341 e. The zero-order chi connectivity index (χ0) is 27.0. The number of nitro benzene ring substituents is 1. The van der Waals surface area contributed by atoms with Crippen molar-refractivity contribution in [3.05, 3.63) is 99.4 Å². The number of ether oxygens (including phenoxy) is 2. The molecule has 0 aliphatic rings. The van der Waals surface area contributed by atoms with Crippen LogP contribution in [0.5, 0.6) is 0 Å². The van der Waals surface area contributed by atoms with Gasteiger partial charge in [0.05, 0.1) is 34.7 Å². The van der Waals surface area contributed by atoms with Crippen LogP contribution in [0.1, 0.15) is 50.6 Å². The predicted molar refractivity (Wildman–Crippen MR) is 139 cm³/mol. The van der Waals surface area contributed by atoms with Crippen molar-refractivity contribution in [3.8, 4) is 0 Å². The predicted octanol–water partition coefficient (Wildman–Crippen LogP) is 5.13. The molecule has 0 fully saturated rings. The smallest absolute Gasteiger partial charge is 0.341 e. The lowest BCUT2D eigenvalue weighted by atomic mass is 10.0. The lowest BCUT2D eigenvalue weighted by Crippen LogP contribution is -2.17. The average molecular weight is 511 g/mol. The third-order valence-corrected chi connectivity index (χ3v) is 6.12. The number of carbonyl (C=O) groups is 3. The molecule has 0 N–H and O–H groups in total. The number of pyridine rings is 2. The van der Waals surface area contributed by atoms with Gasteiger partial charge in [-0.15, -0.1) is 0 Å². The number of benzene rings is 2. The summed E-state index contributed by atoms with van der Waals surface area (Å²) in [6, 6.07) is 15.9. The Morgan fingerprint density at radius 1 is 0.895 bits per heavy atom. The van der Waals surface area contributed by atoms with Crippen molar-refractivity contribution in [2.24, 2.45) is 0 Å². The first-order chi connectivity index (χ1) is 18.4. The fourth-order valence-corrected chi connectivity index (χ4v) is 4.59. The van der Waals surface area contributed by atoms with Crippen molar-refractivity contribution in [2.45, 2.75) is 13.8 Å². The molecule has 10 heteroatoms. The van der Waals surface area contributed by atoms with Crippen molar-refractivity contribution in [1.29, 1.82) is 0 Å². The van der Waals surface area contributed by atoms with Crippen LogP contribution in [0.25, 0.3) is 27.3 Å². The van der Waals surface area contributed by atoms with Gasteiger partial charge in [0.2, 0.25) is 5.78 Å². The summed E-state index contributed by atoms with van der Waals surface area (Å²) in [5, 5.41) is 12.9. The highest BCUT2D eigenvalue weighted by Gasteiger charge is 2.35. The standard InChI is InChI=1S/C28H21N3O7/c1-3-37-27(33)21-20-13-12-17-11-10-16-8-6-14-29-23(16)24(17)30(20)25(22(21)28(34)38-4-2)26(32)18-7-5-9-19(15-18)31(35)36/h5-15H,3-4H2,1-2H3. The van der Waals surface area contributed by atoms with Gasteiger partial charge in [0.1, 0.15) is 16.8 Å². The third-order valence-electron chi connectivity index (χ3n) is 6.12. The fourth-order valence-electron chi connectivity index (χ4n) is 4.59. The second-order valence-electron chi connectivity index (χ2n) is 8.31. The molecule has 0 saturated carbocycles. The zero-order valence-electron chi connectivity index (χ0n) is 20.5. The molecule has 0 spiro atoms. The van der Waals surface area contributed by atoms with E-state index in [9.17, 15) is 24.5 Å². The van der Waals surface area contributed by atoms with Crippen LogP contribution in [-0.2, 0) is 9.47 Å². The molecule has 3 heterocycles. The van der Waals surface area contributed by atoms with E-state index in [1.807, 2.05) is 18.2 Å². The molecule has 38 heavy (non-hydrogen) atoms. The van der Waals surface area contributed by atoms with E-state index in [2.05, 4.69) is 4.98 Å². The first-order valence-electron chi connectivity index (χ1n) is 11.9. The number of carbonyl (C=O) groups excluding carboxylic acids is 3. The molecule has 2 aromatic carbocycles. The van der Waals surface area contributed by atoms with E-state index in [4.69, 9.17) is 9.47 Å². The Hall–Kier alpha value is -5.12. The molecule has 5 rings (SSSR count). The topological polar surface area (TPSA) is 130 Å². The van der Waals surface area contributed by atoms with Gasteiger partial charge in [-0.2, -0.15) is 0 Å². The Labute approximate surface area is 215 Å². The van der Waals surface area contributed by atoms with Crippen LogP contribution in [0, 0.1) is 10.1 Å². The summed E-state index contributed by atoms with van der Waals surface area (Å²) in [7, 11) is 0. The van der Waals surface area contributed by atoms with Gasteiger partial charge < -0.3 is 13.9 Å². The Bertz CT molecular complexity index is 1790. The molecule has 3 aromatic heterocycles. The molecule has 0 aliphatic carbocycles. The van der Waals surface area contributed by atoms with E-state index in [-0.39, 0.29) is 46.8 Å². The van der Waals surface area contributed by atoms with Crippen LogP contribution in [0.15, 0.2) is 66.9 Å². The molecule has 0 amide bonds. The van der Waals surface area contributed by atoms with Gasteiger partial charge in [-0.05, 0) is 26.0 Å². The van der Waals surface area contributed by atoms with Gasteiger partial charge in [0, 0.05) is 34.7 Å². The van der Waals surface area contributed by atoms with E-state index >= 15 is 0 Å². The molecule has 0 unspecified atom stereocenters. The van der Waals surface area contributed by atoms with Crippen LogP contribution >= 0.6 is 0 Å². The van der Waals surface area contributed by atoms with Crippen molar-refractivity contribution in [2.75, 3.05) is 13.2 Å². The van der Waals surface area contributed by atoms with E-state index < -0.39 is 22.6 Å². The maximum atomic E-state index is 14.1. The minimum absolute atomic E-state index is 0.0109. The van der Waals surface area contributed by atoms with Crippen molar-refractivity contribution in [3.63, 3.8) is 0 Å². The second-order valence-corrected chi connectivity index (χ2v) is 8.31. The Balaban J connectivity index is 1.99. The SMILES string of the molecule is CCOC(=O)c1c(C(=O)OCC)c2ccc3ccc4cccnc4c3n2c1C(=O)c1cccc([N+](=O)[O-])c1. The Morgan fingerprint density at radius 3 is 2.29 bits per heavy atom. The molecule has 0 atom stereocenters. The number of esters is 2. The van der Waals surface area contributed by atoms with Crippen molar-refractivity contribution >= 4 is 50.7 Å². The molecular weight excluding hydrogens is 490 g/mol. The minimum atomic E-state index is -0.894. The van der Waals surface area contributed by atoms with E-state index in [0.717, 1.165) is 11.5 Å². The highest BCUT2D eigenvalue weighted by Crippen LogP contribution is 2.34. The average Bonchev–Trinajstić information content (AvgIpc) is 3.28. The molecule has 190 valence electrons. The maximum absolute atomic E-state index is 14.1. The quantitative estimate of drug-likeness (QED) is 0.0966. The number of non-ortho nitro benzene ring substituents is 1. The van der Waals surface area contributed by atoms with E-state index in [1.54, 1.807) is 38.2 Å².